The van der Waals surface area contributed by atoms with E-state index in [-0.39, 0.29) is 5.56 Å². The van der Waals surface area contributed by atoms with E-state index in [4.69, 9.17) is 0 Å². The van der Waals surface area contributed by atoms with E-state index in [9.17, 15) is 14.7 Å². The fraction of sp³-hybridized carbons (Fsp3) is 0.333. The molecule has 1 aromatic carbocycles. The van der Waals surface area contributed by atoms with Crippen LogP contribution in [0.2, 0.25) is 0 Å². The van der Waals surface area contributed by atoms with Crippen molar-refractivity contribution in [2.24, 2.45) is 7.05 Å². The first-order valence-corrected chi connectivity index (χ1v) is 5.33. The Morgan fingerprint density at radius 2 is 2.00 bits per heavy atom. The molecule has 2 rings (SSSR count). The van der Waals surface area contributed by atoms with E-state index in [1.165, 1.54) is 7.05 Å². The lowest BCUT2D eigenvalue weighted by molar-refractivity contribution is 0.200. The van der Waals surface area contributed by atoms with Crippen molar-refractivity contribution in [1.82, 2.24) is 9.55 Å². The van der Waals surface area contributed by atoms with Gasteiger partial charge >= 0.3 is 5.69 Å². The van der Waals surface area contributed by atoms with Gasteiger partial charge in [-0.05, 0) is 25.5 Å². The molecule has 0 saturated carbocycles. The zero-order valence-electron chi connectivity index (χ0n) is 9.94. The first kappa shape index (κ1) is 11.6. The van der Waals surface area contributed by atoms with Crippen LogP contribution in [0.5, 0.6) is 0 Å². The molecule has 2 N–H and O–H groups in total. The Hall–Kier alpha value is -1.88. The van der Waals surface area contributed by atoms with E-state index in [0.29, 0.717) is 16.5 Å². The number of benzene rings is 1. The van der Waals surface area contributed by atoms with Crippen molar-refractivity contribution in [3.05, 3.63) is 44.1 Å². The maximum atomic E-state index is 11.9. The monoisotopic (exact) mass is 234 g/mol. The standard InChI is InChI=1S/C12H14N2O3/c1-6-4-8(7(2)15)10-9(5-6)11(16)14(3)12(17)13-10/h4-5,7,15H,1-3H3,(H,13,17). The van der Waals surface area contributed by atoms with Gasteiger partial charge in [-0.15, -0.1) is 0 Å². The van der Waals surface area contributed by atoms with E-state index in [0.717, 1.165) is 10.1 Å². The number of nitrogens with zero attached hydrogens (tertiary/aromatic N) is 1. The Balaban J connectivity index is 3.05. The summed E-state index contributed by atoms with van der Waals surface area (Å²) in [7, 11) is 1.42. The average molecular weight is 234 g/mol. The second-order valence-electron chi connectivity index (χ2n) is 4.25. The molecule has 1 aromatic heterocycles. The van der Waals surface area contributed by atoms with Crippen molar-refractivity contribution in [2.75, 3.05) is 0 Å². The molecular weight excluding hydrogens is 220 g/mol. The lowest BCUT2D eigenvalue weighted by Gasteiger charge is -2.10. The summed E-state index contributed by atoms with van der Waals surface area (Å²) in [6, 6.07) is 3.47. The van der Waals surface area contributed by atoms with Crippen LogP contribution in [0.1, 0.15) is 24.2 Å². The number of nitrogens with one attached hydrogen (secondary N) is 1. The van der Waals surface area contributed by atoms with Gasteiger partial charge in [0.15, 0.2) is 0 Å². The molecule has 1 atom stereocenters. The molecule has 0 aliphatic carbocycles. The third-order valence-electron chi connectivity index (χ3n) is 2.83. The largest absolute Gasteiger partial charge is 0.389 e. The van der Waals surface area contributed by atoms with Crippen LogP contribution < -0.4 is 11.2 Å². The lowest BCUT2D eigenvalue weighted by atomic mass is 10.0. The fourth-order valence-electron chi connectivity index (χ4n) is 1.92. The zero-order chi connectivity index (χ0) is 12.7. The summed E-state index contributed by atoms with van der Waals surface area (Å²) < 4.78 is 1.02. The molecule has 1 heterocycles. The molecule has 0 aliphatic rings. The van der Waals surface area contributed by atoms with Crippen LogP contribution in [0.4, 0.5) is 0 Å². The number of fused-ring (bicyclic) bond motifs is 1. The van der Waals surface area contributed by atoms with Gasteiger partial charge in [-0.2, -0.15) is 0 Å². The van der Waals surface area contributed by atoms with E-state index in [1.807, 2.05) is 6.92 Å². The van der Waals surface area contributed by atoms with Crippen LogP contribution in [-0.4, -0.2) is 14.7 Å². The van der Waals surface area contributed by atoms with Crippen molar-refractivity contribution in [3.63, 3.8) is 0 Å². The molecule has 1 unspecified atom stereocenters. The highest BCUT2D eigenvalue weighted by molar-refractivity contribution is 5.82. The van der Waals surface area contributed by atoms with Crippen LogP contribution in [-0.2, 0) is 7.05 Å². The maximum Gasteiger partial charge on any atom is 0.328 e. The first-order valence-electron chi connectivity index (χ1n) is 5.33. The molecule has 0 saturated heterocycles. The number of aliphatic hydroxyl groups is 1. The summed E-state index contributed by atoms with van der Waals surface area (Å²) in [5, 5.41) is 10.1. The fourth-order valence-corrected chi connectivity index (χ4v) is 1.92. The van der Waals surface area contributed by atoms with Crippen molar-refractivity contribution < 1.29 is 5.11 Å². The van der Waals surface area contributed by atoms with Gasteiger partial charge in [-0.25, -0.2) is 4.79 Å². The third kappa shape index (κ3) is 1.78. The van der Waals surface area contributed by atoms with Crippen LogP contribution in [0.3, 0.4) is 0 Å². The Bertz CT molecular complexity index is 695. The van der Waals surface area contributed by atoms with E-state index in [2.05, 4.69) is 4.98 Å². The van der Waals surface area contributed by atoms with Crippen molar-refractivity contribution in [3.8, 4) is 0 Å². The maximum absolute atomic E-state index is 11.9. The average Bonchev–Trinajstić information content (AvgIpc) is 2.26. The molecule has 0 fully saturated rings. The van der Waals surface area contributed by atoms with Gasteiger partial charge in [0.1, 0.15) is 0 Å². The molecule has 90 valence electrons. The van der Waals surface area contributed by atoms with Gasteiger partial charge in [-0.1, -0.05) is 6.07 Å². The van der Waals surface area contributed by atoms with Crippen molar-refractivity contribution in [1.29, 1.82) is 0 Å². The van der Waals surface area contributed by atoms with Gasteiger partial charge in [0.25, 0.3) is 5.56 Å². The summed E-state index contributed by atoms with van der Waals surface area (Å²) in [6.45, 7) is 3.44. The molecule has 0 bridgehead atoms. The summed E-state index contributed by atoms with van der Waals surface area (Å²) in [5.41, 5.74) is 1.02. The SMILES string of the molecule is Cc1cc(C(C)O)c2[nH]c(=O)n(C)c(=O)c2c1. The number of hydrogen-bond acceptors (Lipinski definition) is 3. The number of H-pyrrole nitrogens is 1. The van der Waals surface area contributed by atoms with Gasteiger partial charge in [0, 0.05) is 12.6 Å². The molecular formula is C12H14N2O3. The van der Waals surface area contributed by atoms with Gasteiger partial charge in [-0.3, -0.25) is 9.36 Å². The number of aliphatic hydroxyl groups excluding tert-OH is 1. The molecule has 0 aliphatic heterocycles. The number of aryl methyl sites for hydroxylation is 1. The molecule has 0 radical (unpaired) electrons. The topological polar surface area (TPSA) is 75.1 Å². The lowest BCUT2D eigenvalue weighted by Crippen LogP contribution is -2.32. The highest BCUT2D eigenvalue weighted by Gasteiger charge is 2.12. The normalized spacial score (nSPS) is 12.9. The minimum atomic E-state index is -0.736. The Morgan fingerprint density at radius 3 is 2.59 bits per heavy atom. The summed E-state index contributed by atoms with van der Waals surface area (Å²) in [5.74, 6) is 0. The number of rotatable bonds is 1. The smallest absolute Gasteiger partial charge is 0.328 e. The quantitative estimate of drug-likeness (QED) is 0.758. The molecule has 0 spiro atoms. The zero-order valence-corrected chi connectivity index (χ0v) is 9.94. The van der Waals surface area contributed by atoms with Crippen LogP contribution in [0, 0.1) is 6.92 Å². The predicted octanol–water partition coefficient (Wildman–Crippen LogP) is 0.589. The highest BCUT2D eigenvalue weighted by Crippen LogP contribution is 2.21. The van der Waals surface area contributed by atoms with Gasteiger partial charge < -0.3 is 10.1 Å². The van der Waals surface area contributed by atoms with E-state index >= 15 is 0 Å². The highest BCUT2D eigenvalue weighted by atomic mass is 16.3. The van der Waals surface area contributed by atoms with Gasteiger partial charge in [0.05, 0.1) is 17.0 Å². The predicted molar refractivity (Wildman–Crippen MR) is 65.2 cm³/mol. The van der Waals surface area contributed by atoms with Crippen LogP contribution in [0.15, 0.2) is 21.7 Å². The van der Waals surface area contributed by atoms with Crippen molar-refractivity contribution >= 4 is 10.9 Å². The van der Waals surface area contributed by atoms with Crippen LogP contribution in [0.25, 0.3) is 10.9 Å². The molecule has 17 heavy (non-hydrogen) atoms. The Kier molecular flexibility index (Phi) is 2.63. The first-order chi connectivity index (χ1) is 7.91. The second kappa shape index (κ2) is 3.85. The molecule has 5 heteroatoms. The molecule has 5 nitrogen and oxygen atoms in total. The Morgan fingerprint density at radius 1 is 1.35 bits per heavy atom. The number of hydrogen-bond donors (Lipinski definition) is 2. The summed E-state index contributed by atoms with van der Waals surface area (Å²) in [4.78, 5) is 26.1. The van der Waals surface area contributed by atoms with Crippen molar-refractivity contribution in [2.45, 2.75) is 20.0 Å². The minimum Gasteiger partial charge on any atom is -0.389 e. The minimum absolute atomic E-state index is 0.352. The molecule has 0 amide bonds. The number of aromatic amines is 1. The number of aromatic nitrogens is 2. The van der Waals surface area contributed by atoms with E-state index < -0.39 is 11.8 Å². The molecule has 2 aromatic rings. The third-order valence-corrected chi connectivity index (χ3v) is 2.83. The summed E-state index contributed by atoms with van der Waals surface area (Å²) in [6.07, 6.45) is -0.736. The summed E-state index contributed by atoms with van der Waals surface area (Å²) >= 11 is 0. The van der Waals surface area contributed by atoms with E-state index in [1.54, 1.807) is 19.1 Å². The Labute approximate surface area is 97.3 Å². The second-order valence-corrected chi connectivity index (χ2v) is 4.25. The van der Waals surface area contributed by atoms with Crippen LogP contribution >= 0.6 is 0 Å². The van der Waals surface area contributed by atoms with Gasteiger partial charge in [0.2, 0.25) is 0 Å².